The number of piperidine rings is 1. The predicted octanol–water partition coefficient (Wildman–Crippen LogP) is 4.81. The Hall–Kier alpha value is -4.06. The molecule has 2 saturated heterocycles. The van der Waals surface area contributed by atoms with Gasteiger partial charge in [-0.3, -0.25) is 19.8 Å². The van der Waals surface area contributed by atoms with E-state index in [9.17, 15) is 19.7 Å². The molecule has 3 aromatic rings. The molecule has 11 nitrogen and oxygen atoms in total. The van der Waals surface area contributed by atoms with Crippen LogP contribution in [0.3, 0.4) is 0 Å². The molecule has 12 heteroatoms. The normalized spacial score (nSPS) is 20.6. The second-order valence-corrected chi connectivity index (χ2v) is 11.6. The predicted molar refractivity (Wildman–Crippen MR) is 153 cm³/mol. The lowest BCUT2D eigenvalue weighted by Gasteiger charge is -2.32. The highest BCUT2D eigenvalue weighted by molar-refractivity contribution is 7.99. The Morgan fingerprint density at radius 1 is 1.07 bits per heavy atom. The summed E-state index contributed by atoms with van der Waals surface area (Å²) in [6.07, 6.45) is 8.10. The summed E-state index contributed by atoms with van der Waals surface area (Å²) in [5.74, 6) is 1.36. The third-order valence-electron chi connectivity index (χ3n) is 7.64. The first-order chi connectivity index (χ1) is 19.9. The topological polar surface area (TPSA) is 120 Å². The molecular formula is C29H33N5O6S. The molecule has 2 aliphatic rings. The number of benzene rings is 2. The molecule has 3 heterocycles. The molecule has 2 aromatic carbocycles. The van der Waals surface area contributed by atoms with E-state index in [2.05, 4.69) is 4.98 Å². The van der Waals surface area contributed by atoms with Crippen molar-refractivity contribution in [3.63, 3.8) is 0 Å². The van der Waals surface area contributed by atoms with Gasteiger partial charge in [0.1, 0.15) is 23.3 Å². The van der Waals surface area contributed by atoms with E-state index in [1.165, 1.54) is 12.1 Å². The van der Waals surface area contributed by atoms with Crippen LogP contribution < -0.4 is 4.74 Å². The minimum Gasteiger partial charge on any atom is -0.497 e. The zero-order valence-corrected chi connectivity index (χ0v) is 23.7. The van der Waals surface area contributed by atoms with Crippen molar-refractivity contribution in [2.45, 2.75) is 49.0 Å². The average Bonchev–Trinajstić information content (AvgIpc) is 3.69. The number of hydrogen-bond acceptors (Lipinski definition) is 8. The number of hydrogen-bond donors (Lipinski definition) is 0. The number of carbonyl (C=O) groups is 2. The van der Waals surface area contributed by atoms with E-state index in [0.717, 1.165) is 30.6 Å². The van der Waals surface area contributed by atoms with Gasteiger partial charge in [0.2, 0.25) is 5.91 Å². The highest BCUT2D eigenvalue weighted by Crippen LogP contribution is 2.45. The van der Waals surface area contributed by atoms with Gasteiger partial charge in [-0.2, -0.15) is 0 Å². The fraction of sp³-hybridized carbons (Fsp3) is 0.414. The number of aromatic nitrogens is 2. The van der Waals surface area contributed by atoms with Crippen molar-refractivity contribution in [1.29, 1.82) is 0 Å². The lowest BCUT2D eigenvalue weighted by atomic mass is 10.1. The number of carbonyl (C=O) groups excluding carboxylic acids is 2. The molecule has 0 aliphatic carbocycles. The van der Waals surface area contributed by atoms with Crippen LogP contribution in [-0.4, -0.2) is 69.1 Å². The highest BCUT2D eigenvalue weighted by Gasteiger charge is 2.52. The number of nitrogens with zero attached hydrogens (tertiary/aromatic N) is 5. The number of methoxy groups -OCH3 is 1. The monoisotopic (exact) mass is 579 g/mol. The van der Waals surface area contributed by atoms with E-state index in [4.69, 9.17) is 9.47 Å². The Balaban J connectivity index is 1.38. The molecule has 0 radical (unpaired) electrons. The maximum atomic E-state index is 13.9. The highest BCUT2D eigenvalue weighted by atomic mass is 32.2. The van der Waals surface area contributed by atoms with Crippen LogP contribution in [0.2, 0.25) is 0 Å². The lowest BCUT2D eigenvalue weighted by molar-refractivity contribution is -0.384. The van der Waals surface area contributed by atoms with E-state index in [0.29, 0.717) is 30.8 Å². The van der Waals surface area contributed by atoms with E-state index in [1.54, 1.807) is 48.4 Å². The minimum atomic E-state index is -0.691. The van der Waals surface area contributed by atoms with Gasteiger partial charge in [0.05, 0.1) is 24.9 Å². The summed E-state index contributed by atoms with van der Waals surface area (Å²) in [6.45, 7) is 1.55. The van der Waals surface area contributed by atoms with Gasteiger partial charge in [0.25, 0.3) is 5.69 Å². The molecule has 2 unspecified atom stereocenters. The Kier molecular flexibility index (Phi) is 8.77. The summed E-state index contributed by atoms with van der Waals surface area (Å²) in [5.41, 5.74) is 1.68. The van der Waals surface area contributed by atoms with Crippen molar-refractivity contribution in [2.24, 2.45) is 0 Å². The molecule has 1 aromatic heterocycles. The second kappa shape index (κ2) is 12.6. The first-order valence-corrected chi connectivity index (χ1v) is 14.6. The molecule has 0 saturated carbocycles. The molecule has 216 valence electrons. The molecular weight excluding hydrogens is 546 g/mol. The van der Waals surface area contributed by atoms with Crippen LogP contribution in [0.15, 0.2) is 67.3 Å². The molecule has 2 amide bonds. The maximum Gasteiger partial charge on any atom is 0.410 e. The van der Waals surface area contributed by atoms with Gasteiger partial charge >= 0.3 is 6.09 Å². The number of nitro groups is 1. The third-order valence-corrected chi connectivity index (χ3v) is 9.17. The molecule has 0 spiro atoms. The number of non-ortho nitro benzene ring substituents is 1. The lowest BCUT2D eigenvalue weighted by Crippen LogP contribution is -2.49. The Bertz CT molecular complexity index is 1350. The Labute approximate surface area is 242 Å². The zero-order valence-electron chi connectivity index (χ0n) is 22.9. The van der Waals surface area contributed by atoms with Crippen LogP contribution in [0.1, 0.15) is 36.8 Å². The quantitative estimate of drug-likeness (QED) is 0.262. The second-order valence-electron chi connectivity index (χ2n) is 10.3. The molecule has 2 fully saturated rings. The molecule has 5 rings (SSSR count). The van der Waals surface area contributed by atoms with Crippen LogP contribution in [0.5, 0.6) is 5.75 Å². The van der Waals surface area contributed by atoms with Gasteiger partial charge in [0.15, 0.2) is 0 Å². The van der Waals surface area contributed by atoms with E-state index in [1.807, 2.05) is 39.9 Å². The average molecular weight is 580 g/mol. The van der Waals surface area contributed by atoms with Crippen molar-refractivity contribution in [1.82, 2.24) is 19.4 Å². The van der Waals surface area contributed by atoms with Crippen LogP contribution in [0.25, 0.3) is 0 Å². The molecule has 0 bridgehead atoms. The maximum absolute atomic E-state index is 13.9. The van der Waals surface area contributed by atoms with Gasteiger partial charge < -0.3 is 18.9 Å². The number of imidazole rings is 1. The summed E-state index contributed by atoms with van der Waals surface area (Å²) >= 11 is 1.66. The first kappa shape index (κ1) is 28.5. The van der Waals surface area contributed by atoms with Crippen LogP contribution in [0.4, 0.5) is 10.5 Å². The summed E-state index contributed by atoms with van der Waals surface area (Å²) < 4.78 is 13.0. The van der Waals surface area contributed by atoms with Crippen LogP contribution >= 0.6 is 11.8 Å². The summed E-state index contributed by atoms with van der Waals surface area (Å²) in [4.78, 5) is 45.0. The van der Waals surface area contributed by atoms with Gasteiger partial charge in [-0.1, -0.05) is 12.1 Å². The SMILES string of the molecule is COc1ccc(CSC2(n3ccnc3)CC(C(=O)N3CCCCC3)N(C(=O)OCc3ccc([N+](=O)[O-])cc3)C2)cc1. The molecule has 2 atom stereocenters. The van der Waals surface area contributed by atoms with E-state index < -0.39 is 21.9 Å². The standard InChI is InChI=1S/C29H33N5O6S/c1-39-25-11-7-23(8-12-25)19-41-29(32-16-13-30-21-32)17-26(27(35)31-14-3-2-4-15-31)33(20-29)28(36)40-18-22-5-9-24(10-6-22)34(37)38/h5-13,16,21,26H,2-4,14-15,17-20H2,1H3. The largest absolute Gasteiger partial charge is 0.497 e. The summed E-state index contributed by atoms with van der Waals surface area (Å²) in [5, 5.41) is 11.0. The van der Waals surface area contributed by atoms with E-state index >= 15 is 0 Å². The number of ether oxygens (including phenoxy) is 2. The number of thioether (sulfide) groups is 1. The van der Waals surface area contributed by atoms with Gasteiger partial charge in [-0.05, 0) is 54.7 Å². The van der Waals surface area contributed by atoms with Crippen LogP contribution in [-0.2, 0) is 26.8 Å². The van der Waals surface area contributed by atoms with Gasteiger partial charge in [0, 0.05) is 49.8 Å². The van der Waals surface area contributed by atoms with E-state index in [-0.39, 0.29) is 24.7 Å². The number of amides is 2. The minimum absolute atomic E-state index is 0.0363. The Morgan fingerprint density at radius 3 is 2.41 bits per heavy atom. The van der Waals surface area contributed by atoms with Crippen molar-refractivity contribution in [3.8, 4) is 5.75 Å². The summed E-state index contributed by atoms with van der Waals surface area (Å²) in [7, 11) is 1.63. The van der Waals surface area contributed by atoms with Gasteiger partial charge in [-0.25, -0.2) is 9.78 Å². The van der Waals surface area contributed by atoms with Crippen molar-refractivity contribution >= 4 is 29.4 Å². The summed E-state index contributed by atoms with van der Waals surface area (Å²) in [6, 6.07) is 13.0. The molecule has 0 N–H and O–H groups in total. The number of rotatable bonds is 9. The van der Waals surface area contributed by atoms with Crippen molar-refractivity contribution < 1.29 is 24.0 Å². The zero-order chi connectivity index (χ0) is 28.8. The van der Waals surface area contributed by atoms with Gasteiger partial charge in [-0.15, -0.1) is 11.8 Å². The molecule has 2 aliphatic heterocycles. The first-order valence-electron chi connectivity index (χ1n) is 13.6. The smallest absolute Gasteiger partial charge is 0.410 e. The fourth-order valence-electron chi connectivity index (χ4n) is 5.34. The van der Waals surface area contributed by atoms with Crippen molar-refractivity contribution in [3.05, 3.63) is 88.5 Å². The number of likely N-dealkylation sites (tertiary alicyclic amines) is 2. The number of nitro benzene ring substituents is 1. The molecule has 41 heavy (non-hydrogen) atoms. The van der Waals surface area contributed by atoms with Crippen molar-refractivity contribution in [2.75, 3.05) is 26.7 Å². The third kappa shape index (κ3) is 6.48. The Morgan fingerprint density at radius 2 is 1.78 bits per heavy atom. The van der Waals surface area contributed by atoms with Crippen LogP contribution in [0, 0.1) is 10.1 Å². The fourth-order valence-corrected chi connectivity index (χ4v) is 6.73.